The summed E-state index contributed by atoms with van der Waals surface area (Å²) in [5.74, 6) is 1.47. The molecule has 2 aromatic rings. The van der Waals surface area contributed by atoms with Crippen LogP contribution in [-0.2, 0) is 7.05 Å². The van der Waals surface area contributed by atoms with E-state index in [9.17, 15) is 4.79 Å². The van der Waals surface area contributed by atoms with Crippen molar-refractivity contribution in [1.29, 1.82) is 0 Å². The van der Waals surface area contributed by atoms with Crippen LogP contribution in [0.3, 0.4) is 0 Å². The molecule has 6 nitrogen and oxygen atoms in total. The number of carbonyl (C=O) groups excluding carboxylic acids is 1. The van der Waals surface area contributed by atoms with Crippen LogP contribution in [0, 0.1) is 19.8 Å². The van der Waals surface area contributed by atoms with Crippen LogP contribution in [0.4, 0.5) is 5.82 Å². The molecule has 1 aliphatic heterocycles. The Labute approximate surface area is 149 Å². The highest BCUT2D eigenvalue weighted by Gasteiger charge is 2.25. The summed E-state index contributed by atoms with van der Waals surface area (Å²) in [4.78, 5) is 16.8. The number of nitrogens with zero attached hydrogens (tertiary/aromatic N) is 5. The second-order valence-electron chi connectivity index (χ2n) is 7.09. The van der Waals surface area contributed by atoms with Gasteiger partial charge in [-0.05, 0) is 56.9 Å². The number of carbonyl (C=O) groups is 1. The quantitative estimate of drug-likeness (QED) is 0.857. The van der Waals surface area contributed by atoms with Crippen LogP contribution >= 0.6 is 0 Å². The molecule has 1 atom stereocenters. The van der Waals surface area contributed by atoms with E-state index in [4.69, 9.17) is 0 Å². The Morgan fingerprint density at radius 3 is 2.68 bits per heavy atom. The molecule has 1 amide bonds. The van der Waals surface area contributed by atoms with E-state index in [0.29, 0.717) is 5.92 Å². The fourth-order valence-corrected chi connectivity index (χ4v) is 3.48. The molecule has 0 bridgehead atoms. The highest BCUT2D eigenvalue weighted by molar-refractivity contribution is 5.92. The van der Waals surface area contributed by atoms with Crippen LogP contribution in [0.5, 0.6) is 0 Å². The molecule has 1 unspecified atom stereocenters. The Morgan fingerprint density at radius 1 is 1.24 bits per heavy atom. The summed E-state index contributed by atoms with van der Waals surface area (Å²) in [7, 11) is 3.84. The number of hydrogen-bond donors (Lipinski definition) is 0. The van der Waals surface area contributed by atoms with Gasteiger partial charge in [-0.15, -0.1) is 5.10 Å². The van der Waals surface area contributed by atoms with E-state index in [1.54, 1.807) is 0 Å². The van der Waals surface area contributed by atoms with Crippen LogP contribution < -0.4 is 4.90 Å². The molecule has 1 fully saturated rings. The first-order chi connectivity index (χ1) is 12.0. The normalized spacial score (nSPS) is 17.6. The Morgan fingerprint density at radius 2 is 2.04 bits per heavy atom. The SMILES string of the molecule is Cc1ccc(N2CCCC(CN(C)C(=O)c3ccc(C)n3C)C2)nn1. The number of amides is 1. The minimum atomic E-state index is 0.0860. The Kier molecular flexibility index (Phi) is 5.06. The zero-order valence-electron chi connectivity index (χ0n) is 15.6. The van der Waals surface area contributed by atoms with Crippen molar-refractivity contribution >= 4 is 11.7 Å². The Hall–Kier alpha value is -2.37. The van der Waals surface area contributed by atoms with Gasteiger partial charge in [0.2, 0.25) is 0 Å². The Balaban J connectivity index is 1.63. The number of aryl methyl sites for hydroxylation is 2. The third kappa shape index (κ3) is 3.83. The summed E-state index contributed by atoms with van der Waals surface area (Å²) in [6.07, 6.45) is 2.26. The van der Waals surface area contributed by atoms with Crippen LogP contribution in [-0.4, -0.2) is 52.3 Å². The fraction of sp³-hybridized carbons (Fsp3) is 0.526. The minimum Gasteiger partial charge on any atom is -0.355 e. The summed E-state index contributed by atoms with van der Waals surface area (Å²) >= 11 is 0. The predicted octanol–water partition coefficient (Wildman–Crippen LogP) is 2.42. The zero-order valence-corrected chi connectivity index (χ0v) is 15.6. The maximum Gasteiger partial charge on any atom is 0.270 e. The molecular formula is C19H27N5O. The number of piperidine rings is 1. The van der Waals surface area contributed by atoms with Crippen molar-refractivity contribution in [3.63, 3.8) is 0 Å². The average Bonchev–Trinajstić information content (AvgIpc) is 2.94. The molecule has 1 aliphatic rings. The summed E-state index contributed by atoms with van der Waals surface area (Å²) < 4.78 is 1.95. The second kappa shape index (κ2) is 7.25. The van der Waals surface area contributed by atoms with E-state index in [1.165, 1.54) is 0 Å². The molecule has 1 saturated heterocycles. The molecule has 0 N–H and O–H groups in total. The molecular weight excluding hydrogens is 314 g/mol. The van der Waals surface area contributed by atoms with E-state index in [-0.39, 0.29) is 5.91 Å². The zero-order chi connectivity index (χ0) is 18.0. The van der Waals surface area contributed by atoms with Crippen LogP contribution in [0.25, 0.3) is 0 Å². The summed E-state index contributed by atoms with van der Waals surface area (Å²) in [6.45, 7) is 6.64. The lowest BCUT2D eigenvalue weighted by molar-refractivity contribution is 0.0758. The molecule has 134 valence electrons. The molecule has 0 spiro atoms. The van der Waals surface area contributed by atoms with Crippen LogP contribution in [0.1, 0.15) is 34.7 Å². The highest BCUT2D eigenvalue weighted by Crippen LogP contribution is 2.22. The van der Waals surface area contributed by atoms with Crippen LogP contribution in [0.15, 0.2) is 24.3 Å². The van der Waals surface area contributed by atoms with Crippen molar-refractivity contribution in [2.45, 2.75) is 26.7 Å². The third-order valence-electron chi connectivity index (χ3n) is 5.10. The molecule has 25 heavy (non-hydrogen) atoms. The van der Waals surface area contributed by atoms with Gasteiger partial charge < -0.3 is 14.4 Å². The van der Waals surface area contributed by atoms with Crippen molar-refractivity contribution in [2.75, 3.05) is 31.6 Å². The van der Waals surface area contributed by atoms with Crippen molar-refractivity contribution in [1.82, 2.24) is 19.7 Å². The van der Waals surface area contributed by atoms with Gasteiger partial charge in [-0.25, -0.2) is 0 Å². The van der Waals surface area contributed by atoms with Crippen molar-refractivity contribution in [2.24, 2.45) is 13.0 Å². The smallest absolute Gasteiger partial charge is 0.270 e. The lowest BCUT2D eigenvalue weighted by Gasteiger charge is -2.35. The first-order valence-electron chi connectivity index (χ1n) is 8.88. The topological polar surface area (TPSA) is 54.3 Å². The monoisotopic (exact) mass is 341 g/mol. The molecule has 0 aliphatic carbocycles. The maximum atomic E-state index is 12.7. The van der Waals surface area contributed by atoms with Gasteiger partial charge in [0.15, 0.2) is 5.82 Å². The fourth-order valence-electron chi connectivity index (χ4n) is 3.48. The summed E-state index contributed by atoms with van der Waals surface area (Å²) in [5, 5.41) is 8.47. The van der Waals surface area contributed by atoms with Gasteiger partial charge in [-0.1, -0.05) is 0 Å². The number of aromatic nitrogens is 3. The highest BCUT2D eigenvalue weighted by atomic mass is 16.2. The number of anilines is 1. The Bertz CT molecular complexity index is 737. The van der Waals surface area contributed by atoms with E-state index in [2.05, 4.69) is 15.1 Å². The van der Waals surface area contributed by atoms with Crippen molar-refractivity contribution < 1.29 is 4.79 Å². The molecule has 2 aromatic heterocycles. The van der Waals surface area contributed by atoms with Gasteiger partial charge in [0.1, 0.15) is 5.69 Å². The van der Waals surface area contributed by atoms with Gasteiger partial charge in [0, 0.05) is 39.4 Å². The number of hydrogen-bond acceptors (Lipinski definition) is 4. The van der Waals surface area contributed by atoms with Gasteiger partial charge in [-0.3, -0.25) is 4.79 Å². The van der Waals surface area contributed by atoms with E-state index >= 15 is 0 Å². The summed E-state index contributed by atoms with van der Waals surface area (Å²) in [6, 6.07) is 7.92. The van der Waals surface area contributed by atoms with Gasteiger partial charge in [0.25, 0.3) is 5.91 Å². The van der Waals surface area contributed by atoms with E-state index in [0.717, 1.165) is 55.4 Å². The third-order valence-corrected chi connectivity index (χ3v) is 5.10. The first kappa shape index (κ1) is 17.5. The van der Waals surface area contributed by atoms with Crippen molar-refractivity contribution in [3.8, 4) is 0 Å². The van der Waals surface area contributed by atoms with Crippen LogP contribution in [0.2, 0.25) is 0 Å². The van der Waals surface area contributed by atoms with Gasteiger partial charge in [0.05, 0.1) is 5.69 Å². The molecule has 6 heteroatoms. The number of rotatable bonds is 4. The predicted molar refractivity (Wildman–Crippen MR) is 98.8 cm³/mol. The largest absolute Gasteiger partial charge is 0.355 e. The van der Waals surface area contributed by atoms with E-state index in [1.807, 2.05) is 61.7 Å². The molecule has 3 heterocycles. The average molecular weight is 341 g/mol. The molecule has 0 aromatic carbocycles. The molecule has 3 rings (SSSR count). The second-order valence-corrected chi connectivity index (χ2v) is 7.09. The van der Waals surface area contributed by atoms with E-state index < -0.39 is 0 Å². The summed E-state index contributed by atoms with van der Waals surface area (Å²) in [5.41, 5.74) is 2.77. The lowest BCUT2D eigenvalue weighted by atomic mass is 9.97. The maximum absolute atomic E-state index is 12.7. The van der Waals surface area contributed by atoms with Gasteiger partial charge in [-0.2, -0.15) is 5.10 Å². The van der Waals surface area contributed by atoms with Crippen molar-refractivity contribution in [3.05, 3.63) is 41.3 Å². The first-order valence-corrected chi connectivity index (χ1v) is 8.88. The standard InChI is InChI=1S/C19H27N5O/c1-14-7-10-18(21-20-14)24-11-5-6-16(13-24)12-22(3)19(25)17-9-8-15(2)23(17)4/h7-10,16H,5-6,11-13H2,1-4H3. The molecule has 0 saturated carbocycles. The minimum absolute atomic E-state index is 0.0860. The molecule has 0 radical (unpaired) electrons. The lowest BCUT2D eigenvalue weighted by Crippen LogP contribution is -2.42. The van der Waals surface area contributed by atoms with Gasteiger partial charge >= 0.3 is 0 Å².